The molecule has 0 spiro atoms. The first kappa shape index (κ1) is 17.5. The van der Waals surface area contributed by atoms with Crippen LogP contribution in [0.2, 0.25) is 0 Å². The van der Waals surface area contributed by atoms with Crippen LogP contribution in [0.3, 0.4) is 0 Å². The van der Waals surface area contributed by atoms with E-state index in [1.54, 1.807) is 6.07 Å². The molecule has 1 heterocycles. The number of rotatable bonds is 8. The zero-order valence-electron chi connectivity index (χ0n) is 12.9. The highest BCUT2D eigenvalue weighted by atomic mass is 32.1. The van der Waals surface area contributed by atoms with Crippen molar-refractivity contribution in [1.29, 1.82) is 0 Å². The van der Waals surface area contributed by atoms with E-state index < -0.39 is 5.97 Å². The van der Waals surface area contributed by atoms with Gasteiger partial charge in [-0.05, 0) is 25.3 Å². The van der Waals surface area contributed by atoms with E-state index in [9.17, 15) is 14.7 Å². The number of amides is 1. The summed E-state index contributed by atoms with van der Waals surface area (Å²) in [6.07, 6.45) is 1.90. The molecule has 2 N–H and O–H groups in total. The number of carboxylic acid groups (broad SMARTS) is 1. The highest BCUT2D eigenvalue weighted by Crippen LogP contribution is 2.33. The van der Waals surface area contributed by atoms with Gasteiger partial charge in [0.05, 0.1) is 0 Å². The first-order valence-electron chi connectivity index (χ1n) is 7.14. The van der Waals surface area contributed by atoms with Crippen LogP contribution in [0.5, 0.6) is 5.75 Å². The van der Waals surface area contributed by atoms with E-state index >= 15 is 0 Å². The molecule has 1 atom stereocenters. The molecule has 21 heavy (non-hydrogen) atoms. The SMILES string of the molecule is CCCC(C)NC(=O)COc1cc(C(C)C)sc1C(=O)O. The third-order valence-corrected chi connectivity index (χ3v) is 4.37. The standard InChI is InChI=1S/C15H23NO4S/c1-5-6-10(4)16-13(17)8-20-11-7-12(9(2)3)21-14(11)15(18)19/h7,9-10H,5-6,8H2,1-4H3,(H,16,17)(H,18,19). The van der Waals surface area contributed by atoms with E-state index in [2.05, 4.69) is 12.2 Å². The van der Waals surface area contributed by atoms with Crippen LogP contribution in [-0.2, 0) is 4.79 Å². The highest BCUT2D eigenvalue weighted by molar-refractivity contribution is 7.14. The van der Waals surface area contributed by atoms with Gasteiger partial charge in [0.15, 0.2) is 11.5 Å². The summed E-state index contributed by atoms with van der Waals surface area (Å²) in [5.41, 5.74) is 0. The summed E-state index contributed by atoms with van der Waals surface area (Å²) in [6.45, 7) is 7.80. The quantitative estimate of drug-likeness (QED) is 0.772. The Morgan fingerprint density at radius 1 is 1.38 bits per heavy atom. The number of hydrogen-bond donors (Lipinski definition) is 2. The normalized spacial score (nSPS) is 12.2. The fourth-order valence-corrected chi connectivity index (χ4v) is 2.84. The Labute approximate surface area is 129 Å². The lowest BCUT2D eigenvalue weighted by molar-refractivity contribution is -0.123. The van der Waals surface area contributed by atoms with E-state index in [1.807, 2.05) is 20.8 Å². The molecule has 0 bridgehead atoms. The van der Waals surface area contributed by atoms with Gasteiger partial charge < -0.3 is 15.2 Å². The summed E-state index contributed by atoms with van der Waals surface area (Å²) >= 11 is 1.19. The second-order valence-corrected chi connectivity index (χ2v) is 6.43. The van der Waals surface area contributed by atoms with Crippen molar-refractivity contribution in [3.05, 3.63) is 15.8 Å². The molecule has 0 saturated heterocycles. The van der Waals surface area contributed by atoms with Gasteiger partial charge in [0, 0.05) is 10.9 Å². The zero-order valence-corrected chi connectivity index (χ0v) is 13.8. The second kappa shape index (κ2) is 8.02. The van der Waals surface area contributed by atoms with Crippen molar-refractivity contribution in [3.63, 3.8) is 0 Å². The minimum Gasteiger partial charge on any atom is -0.482 e. The van der Waals surface area contributed by atoms with E-state index in [-0.39, 0.29) is 35.1 Å². The average molecular weight is 313 g/mol. The Balaban J connectivity index is 2.66. The van der Waals surface area contributed by atoms with E-state index in [4.69, 9.17) is 4.74 Å². The molecule has 0 aromatic carbocycles. The third-order valence-electron chi connectivity index (χ3n) is 2.97. The topological polar surface area (TPSA) is 75.6 Å². The van der Waals surface area contributed by atoms with Crippen LogP contribution in [0.1, 0.15) is 61.0 Å². The van der Waals surface area contributed by atoms with Gasteiger partial charge in [-0.3, -0.25) is 4.79 Å². The van der Waals surface area contributed by atoms with Crippen molar-refractivity contribution in [2.45, 2.75) is 52.5 Å². The van der Waals surface area contributed by atoms with E-state index in [0.29, 0.717) is 0 Å². The summed E-state index contributed by atoms with van der Waals surface area (Å²) in [7, 11) is 0. The molecule has 0 aliphatic heterocycles. The lowest BCUT2D eigenvalue weighted by atomic mass is 10.2. The Morgan fingerprint density at radius 3 is 2.57 bits per heavy atom. The van der Waals surface area contributed by atoms with Gasteiger partial charge in [-0.2, -0.15) is 0 Å². The van der Waals surface area contributed by atoms with Gasteiger partial charge in [0.2, 0.25) is 0 Å². The Bertz CT molecular complexity index is 496. The van der Waals surface area contributed by atoms with Gasteiger partial charge in [0.25, 0.3) is 5.91 Å². The summed E-state index contributed by atoms with van der Waals surface area (Å²) in [5.74, 6) is -0.760. The molecule has 118 valence electrons. The Kier molecular flexibility index (Phi) is 6.68. The fourth-order valence-electron chi connectivity index (χ4n) is 1.90. The first-order chi connectivity index (χ1) is 9.85. The zero-order chi connectivity index (χ0) is 16.0. The summed E-state index contributed by atoms with van der Waals surface area (Å²) in [5, 5.41) is 12.0. The predicted molar refractivity (Wildman–Crippen MR) is 83.4 cm³/mol. The first-order valence-corrected chi connectivity index (χ1v) is 7.96. The average Bonchev–Trinajstić information content (AvgIpc) is 2.81. The minimum atomic E-state index is -1.03. The van der Waals surface area contributed by atoms with Crippen LogP contribution in [0.25, 0.3) is 0 Å². The molecule has 0 radical (unpaired) electrons. The molecule has 1 aromatic rings. The number of nitrogens with one attached hydrogen (secondary N) is 1. The molecule has 1 aromatic heterocycles. The maximum absolute atomic E-state index is 11.7. The Morgan fingerprint density at radius 2 is 2.05 bits per heavy atom. The lowest BCUT2D eigenvalue weighted by Crippen LogP contribution is -2.36. The minimum absolute atomic E-state index is 0.0961. The van der Waals surface area contributed by atoms with E-state index in [1.165, 1.54) is 11.3 Å². The number of aromatic carboxylic acids is 1. The van der Waals surface area contributed by atoms with E-state index in [0.717, 1.165) is 17.7 Å². The molecule has 1 unspecified atom stereocenters. The monoisotopic (exact) mass is 313 g/mol. The number of ether oxygens (including phenoxy) is 1. The van der Waals surface area contributed by atoms with Crippen LogP contribution in [0.4, 0.5) is 0 Å². The van der Waals surface area contributed by atoms with Crippen LogP contribution in [0.15, 0.2) is 6.07 Å². The van der Waals surface area contributed by atoms with Crippen LogP contribution in [-0.4, -0.2) is 29.6 Å². The van der Waals surface area contributed by atoms with Crippen molar-refractivity contribution in [1.82, 2.24) is 5.32 Å². The van der Waals surface area contributed by atoms with Crippen molar-refractivity contribution in [2.24, 2.45) is 0 Å². The second-order valence-electron chi connectivity index (χ2n) is 5.35. The van der Waals surface area contributed by atoms with Crippen LogP contribution < -0.4 is 10.1 Å². The number of thiophene rings is 1. The molecular weight excluding hydrogens is 290 g/mol. The largest absolute Gasteiger partial charge is 0.482 e. The molecule has 0 aliphatic rings. The summed E-state index contributed by atoms with van der Waals surface area (Å²) in [6, 6.07) is 1.81. The fraction of sp³-hybridized carbons (Fsp3) is 0.600. The Hall–Kier alpha value is -1.56. The molecular formula is C15H23NO4S. The summed E-state index contributed by atoms with van der Waals surface area (Å²) in [4.78, 5) is 24.0. The molecule has 1 rings (SSSR count). The van der Waals surface area contributed by atoms with Gasteiger partial charge in [0.1, 0.15) is 5.75 Å². The van der Waals surface area contributed by atoms with Gasteiger partial charge in [-0.25, -0.2) is 4.79 Å². The number of hydrogen-bond acceptors (Lipinski definition) is 4. The third kappa shape index (κ3) is 5.38. The molecule has 6 heteroatoms. The highest BCUT2D eigenvalue weighted by Gasteiger charge is 2.19. The van der Waals surface area contributed by atoms with Gasteiger partial charge in [-0.15, -0.1) is 11.3 Å². The maximum atomic E-state index is 11.7. The van der Waals surface area contributed by atoms with Crippen molar-refractivity contribution < 1.29 is 19.4 Å². The number of carboxylic acids is 1. The maximum Gasteiger partial charge on any atom is 0.349 e. The van der Waals surface area contributed by atoms with Crippen LogP contribution in [0, 0.1) is 0 Å². The molecule has 5 nitrogen and oxygen atoms in total. The van der Waals surface area contributed by atoms with Crippen molar-refractivity contribution in [3.8, 4) is 5.75 Å². The summed E-state index contributed by atoms with van der Waals surface area (Å²) < 4.78 is 5.39. The number of carbonyl (C=O) groups is 2. The van der Waals surface area contributed by atoms with Crippen molar-refractivity contribution >= 4 is 23.2 Å². The van der Waals surface area contributed by atoms with Gasteiger partial charge >= 0.3 is 5.97 Å². The predicted octanol–water partition coefficient (Wildman–Crippen LogP) is 3.25. The molecule has 0 aliphatic carbocycles. The smallest absolute Gasteiger partial charge is 0.349 e. The van der Waals surface area contributed by atoms with Gasteiger partial charge in [-0.1, -0.05) is 27.2 Å². The van der Waals surface area contributed by atoms with Crippen molar-refractivity contribution in [2.75, 3.05) is 6.61 Å². The lowest BCUT2D eigenvalue weighted by Gasteiger charge is -2.13. The molecule has 0 saturated carbocycles. The number of carbonyl (C=O) groups excluding carboxylic acids is 1. The molecule has 0 fully saturated rings. The molecule has 1 amide bonds. The van der Waals surface area contributed by atoms with Crippen LogP contribution >= 0.6 is 11.3 Å².